The number of rotatable bonds is 6. The van der Waals surface area contributed by atoms with Gasteiger partial charge in [0.2, 0.25) is 0 Å². The summed E-state index contributed by atoms with van der Waals surface area (Å²) in [5.74, 6) is 1.14. The van der Waals surface area contributed by atoms with E-state index in [4.69, 9.17) is 4.74 Å². The normalized spacial score (nSPS) is 24.4. The van der Waals surface area contributed by atoms with Gasteiger partial charge in [-0.3, -0.25) is 4.90 Å². The average molecular weight is 409 g/mol. The van der Waals surface area contributed by atoms with Crippen LogP contribution in [0.15, 0.2) is 42.5 Å². The summed E-state index contributed by atoms with van der Waals surface area (Å²) < 4.78 is 19.6. The largest absolute Gasteiger partial charge is 0.494 e. The SMILES string of the molecule is Fc1ccc([C@@H]2CN3CCC[C@H]3c3cc(OCCCN4CCCCC4)ccc32)cc1. The number of fused-ring (bicyclic) bond motifs is 3. The summed E-state index contributed by atoms with van der Waals surface area (Å²) in [7, 11) is 0. The van der Waals surface area contributed by atoms with Crippen LogP contribution in [0.4, 0.5) is 4.39 Å². The van der Waals surface area contributed by atoms with Crippen LogP contribution in [0.25, 0.3) is 0 Å². The van der Waals surface area contributed by atoms with Gasteiger partial charge in [-0.1, -0.05) is 24.6 Å². The molecule has 3 aliphatic heterocycles. The lowest BCUT2D eigenvalue weighted by Crippen LogP contribution is -2.34. The average Bonchev–Trinajstić information content (AvgIpc) is 3.26. The molecule has 30 heavy (non-hydrogen) atoms. The Kier molecular flexibility index (Phi) is 6.05. The number of nitrogens with zero attached hydrogens (tertiary/aromatic N) is 2. The van der Waals surface area contributed by atoms with Crippen LogP contribution >= 0.6 is 0 Å². The number of ether oxygens (including phenoxy) is 1. The molecule has 4 heteroatoms. The van der Waals surface area contributed by atoms with Gasteiger partial charge in [0, 0.05) is 25.0 Å². The molecule has 5 rings (SSSR count). The van der Waals surface area contributed by atoms with E-state index in [1.165, 1.54) is 61.9 Å². The predicted octanol–water partition coefficient (Wildman–Crippen LogP) is 5.36. The first-order valence-corrected chi connectivity index (χ1v) is 11.8. The first-order valence-electron chi connectivity index (χ1n) is 11.8. The fourth-order valence-corrected chi connectivity index (χ4v) is 5.62. The van der Waals surface area contributed by atoms with E-state index in [2.05, 4.69) is 28.0 Å². The first kappa shape index (κ1) is 20.0. The second-order valence-electron chi connectivity index (χ2n) is 9.15. The Balaban J connectivity index is 1.29. The van der Waals surface area contributed by atoms with Crippen molar-refractivity contribution in [3.05, 3.63) is 65.0 Å². The summed E-state index contributed by atoms with van der Waals surface area (Å²) in [5.41, 5.74) is 4.02. The lowest BCUT2D eigenvalue weighted by molar-refractivity contribution is 0.204. The van der Waals surface area contributed by atoms with E-state index in [9.17, 15) is 4.39 Å². The Hall–Kier alpha value is -1.91. The van der Waals surface area contributed by atoms with Crippen LogP contribution in [0, 0.1) is 5.82 Å². The maximum absolute atomic E-state index is 13.5. The fraction of sp³-hybridized carbons (Fsp3) is 0.538. The fourth-order valence-electron chi connectivity index (χ4n) is 5.62. The van der Waals surface area contributed by atoms with Crippen LogP contribution in [-0.4, -0.2) is 49.1 Å². The third-order valence-electron chi connectivity index (χ3n) is 7.18. The molecule has 2 aromatic carbocycles. The van der Waals surface area contributed by atoms with E-state index in [1.807, 2.05) is 12.1 Å². The molecule has 0 aliphatic carbocycles. The van der Waals surface area contributed by atoms with Gasteiger partial charge in [-0.2, -0.15) is 0 Å². The minimum Gasteiger partial charge on any atom is -0.494 e. The van der Waals surface area contributed by atoms with Crippen molar-refractivity contribution in [2.75, 3.05) is 39.3 Å². The molecule has 160 valence electrons. The van der Waals surface area contributed by atoms with Gasteiger partial charge in [-0.25, -0.2) is 4.39 Å². The van der Waals surface area contributed by atoms with Crippen molar-refractivity contribution in [3.63, 3.8) is 0 Å². The molecule has 0 amide bonds. The van der Waals surface area contributed by atoms with Gasteiger partial charge < -0.3 is 9.64 Å². The topological polar surface area (TPSA) is 15.7 Å². The van der Waals surface area contributed by atoms with Crippen LogP contribution in [0.5, 0.6) is 5.75 Å². The quantitative estimate of drug-likeness (QED) is 0.598. The molecule has 0 radical (unpaired) electrons. The molecule has 0 unspecified atom stereocenters. The summed E-state index contributed by atoms with van der Waals surface area (Å²) in [6.07, 6.45) is 7.64. The van der Waals surface area contributed by atoms with Crippen molar-refractivity contribution >= 4 is 0 Å². The molecule has 0 bridgehead atoms. The van der Waals surface area contributed by atoms with Gasteiger partial charge in [0.25, 0.3) is 0 Å². The highest BCUT2D eigenvalue weighted by atomic mass is 19.1. The van der Waals surface area contributed by atoms with E-state index in [-0.39, 0.29) is 5.82 Å². The van der Waals surface area contributed by atoms with E-state index in [0.717, 1.165) is 38.4 Å². The van der Waals surface area contributed by atoms with Crippen molar-refractivity contribution in [1.82, 2.24) is 9.80 Å². The molecular weight excluding hydrogens is 375 g/mol. The van der Waals surface area contributed by atoms with E-state index >= 15 is 0 Å². The standard InChI is InChI=1S/C26H33FN2O/c27-21-9-7-20(8-10-21)25-19-29-16-4-6-26(29)24-18-22(11-12-23(24)25)30-17-5-15-28-13-2-1-3-14-28/h7-12,18,25-26H,1-6,13-17,19H2/t25-,26-/m0/s1. The zero-order valence-electron chi connectivity index (χ0n) is 17.9. The summed E-state index contributed by atoms with van der Waals surface area (Å²) in [6, 6.07) is 14.3. The maximum Gasteiger partial charge on any atom is 0.123 e. The number of likely N-dealkylation sites (tertiary alicyclic amines) is 1. The van der Waals surface area contributed by atoms with Crippen LogP contribution < -0.4 is 4.74 Å². The highest BCUT2D eigenvalue weighted by molar-refractivity contribution is 5.46. The molecule has 3 aliphatic rings. The second-order valence-corrected chi connectivity index (χ2v) is 9.15. The molecule has 0 aromatic heterocycles. The summed E-state index contributed by atoms with van der Waals surface area (Å²) >= 11 is 0. The third-order valence-corrected chi connectivity index (χ3v) is 7.18. The van der Waals surface area contributed by atoms with E-state index < -0.39 is 0 Å². The Labute approximate surface area is 179 Å². The monoisotopic (exact) mass is 408 g/mol. The van der Waals surface area contributed by atoms with Gasteiger partial charge in [0.05, 0.1) is 6.61 Å². The lowest BCUT2D eigenvalue weighted by atomic mass is 9.81. The van der Waals surface area contributed by atoms with Crippen LogP contribution in [0.2, 0.25) is 0 Å². The minimum absolute atomic E-state index is 0.165. The molecule has 2 fully saturated rings. The highest BCUT2D eigenvalue weighted by Crippen LogP contribution is 2.45. The Morgan fingerprint density at radius 2 is 1.73 bits per heavy atom. The zero-order chi connectivity index (χ0) is 20.3. The second kappa shape index (κ2) is 9.07. The van der Waals surface area contributed by atoms with E-state index in [1.54, 1.807) is 12.1 Å². The van der Waals surface area contributed by atoms with Gasteiger partial charge in [0.1, 0.15) is 11.6 Å². The number of hydrogen-bond acceptors (Lipinski definition) is 3. The Bertz CT molecular complexity index is 847. The number of piperidine rings is 1. The third kappa shape index (κ3) is 4.26. The molecule has 2 aromatic rings. The molecule has 2 saturated heterocycles. The summed E-state index contributed by atoms with van der Waals surface area (Å²) in [5, 5.41) is 0. The van der Waals surface area contributed by atoms with Gasteiger partial charge in [-0.05, 0) is 92.7 Å². The molecular formula is C26H33FN2O. The first-order chi connectivity index (χ1) is 14.8. The van der Waals surface area contributed by atoms with Gasteiger partial charge in [0.15, 0.2) is 0 Å². The molecule has 0 saturated carbocycles. The van der Waals surface area contributed by atoms with Crippen molar-refractivity contribution in [2.24, 2.45) is 0 Å². The van der Waals surface area contributed by atoms with Crippen LogP contribution in [0.3, 0.4) is 0 Å². The summed E-state index contributed by atoms with van der Waals surface area (Å²) in [4.78, 5) is 5.18. The Morgan fingerprint density at radius 3 is 2.57 bits per heavy atom. The van der Waals surface area contributed by atoms with Crippen LogP contribution in [0.1, 0.15) is 67.2 Å². The van der Waals surface area contributed by atoms with Crippen molar-refractivity contribution < 1.29 is 9.13 Å². The smallest absolute Gasteiger partial charge is 0.123 e. The number of benzene rings is 2. The molecule has 0 spiro atoms. The molecule has 3 nitrogen and oxygen atoms in total. The Morgan fingerprint density at radius 1 is 0.900 bits per heavy atom. The predicted molar refractivity (Wildman–Crippen MR) is 119 cm³/mol. The zero-order valence-corrected chi connectivity index (χ0v) is 17.9. The van der Waals surface area contributed by atoms with Gasteiger partial charge in [-0.15, -0.1) is 0 Å². The van der Waals surface area contributed by atoms with Crippen LogP contribution in [-0.2, 0) is 0 Å². The highest BCUT2D eigenvalue weighted by Gasteiger charge is 2.36. The molecule has 3 heterocycles. The van der Waals surface area contributed by atoms with E-state index in [0.29, 0.717) is 12.0 Å². The molecule has 2 atom stereocenters. The summed E-state index contributed by atoms with van der Waals surface area (Å²) in [6.45, 7) is 6.61. The number of halogens is 1. The molecule has 0 N–H and O–H groups in total. The van der Waals surface area contributed by atoms with Gasteiger partial charge >= 0.3 is 0 Å². The van der Waals surface area contributed by atoms with Crippen molar-refractivity contribution in [3.8, 4) is 5.75 Å². The minimum atomic E-state index is -0.165. The lowest BCUT2D eigenvalue weighted by Gasteiger charge is -2.37. The number of hydrogen-bond donors (Lipinski definition) is 0. The van der Waals surface area contributed by atoms with Crippen molar-refractivity contribution in [2.45, 2.75) is 50.5 Å². The van der Waals surface area contributed by atoms with Crippen molar-refractivity contribution in [1.29, 1.82) is 0 Å². The maximum atomic E-state index is 13.5.